The van der Waals surface area contributed by atoms with E-state index in [-0.39, 0.29) is 0 Å². The molecule has 0 fully saturated rings. The van der Waals surface area contributed by atoms with Crippen molar-refractivity contribution < 1.29 is 5.11 Å². The van der Waals surface area contributed by atoms with Gasteiger partial charge in [-0.2, -0.15) is 0 Å². The van der Waals surface area contributed by atoms with Gasteiger partial charge in [-0.3, -0.25) is 0 Å². The smallest absolute Gasteiger partial charge is 0.0743 e. The van der Waals surface area contributed by atoms with Crippen LogP contribution in [0.1, 0.15) is 32.3 Å². The lowest BCUT2D eigenvalue weighted by Crippen LogP contribution is -2.37. The predicted molar refractivity (Wildman–Crippen MR) is 69.3 cm³/mol. The molecule has 1 unspecified atom stereocenters. The van der Waals surface area contributed by atoms with Gasteiger partial charge in [0.1, 0.15) is 0 Å². The highest BCUT2D eigenvalue weighted by molar-refractivity contribution is 9.11. The summed E-state index contributed by atoms with van der Waals surface area (Å²) in [5.41, 5.74) is 0.682. The molecule has 1 aromatic heterocycles. The van der Waals surface area contributed by atoms with Gasteiger partial charge in [-0.05, 0) is 46.3 Å². The Bertz CT molecular complexity index is 299. The minimum Gasteiger partial charge on any atom is -0.389 e. The zero-order chi connectivity index (χ0) is 11.3. The van der Waals surface area contributed by atoms with Gasteiger partial charge < -0.3 is 10.4 Å². The Morgan fingerprint density at radius 3 is 2.87 bits per heavy atom. The number of halogens is 1. The van der Waals surface area contributed by atoms with Crippen molar-refractivity contribution in [3.63, 3.8) is 0 Å². The van der Waals surface area contributed by atoms with Crippen LogP contribution in [-0.4, -0.2) is 17.3 Å². The molecule has 15 heavy (non-hydrogen) atoms. The highest BCUT2D eigenvalue weighted by Gasteiger charge is 2.17. The summed E-state index contributed by atoms with van der Waals surface area (Å²) < 4.78 is 1.15. The van der Waals surface area contributed by atoms with Crippen molar-refractivity contribution in [3.8, 4) is 0 Å². The number of nitrogens with one attached hydrogen (secondary N) is 1. The van der Waals surface area contributed by atoms with E-state index in [1.807, 2.05) is 6.92 Å². The van der Waals surface area contributed by atoms with Crippen LogP contribution >= 0.6 is 27.3 Å². The first-order valence-electron chi connectivity index (χ1n) is 5.19. The maximum atomic E-state index is 9.93. The van der Waals surface area contributed by atoms with E-state index in [2.05, 4.69) is 39.6 Å². The third kappa shape index (κ3) is 5.11. The Labute approximate surface area is 104 Å². The van der Waals surface area contributed by atoms with E-state index in [1.165, 1.54) is 5.56 Å². The van der Waals surface area contributed by atoms with Crippen molar-refractivity contribution >= 4 is 27.3 Å². The fourth-order valence-electron chi connectivity index (χ4n) is 1.54. The Morgan fingerprint density at radius 2 is 2.33 bits per heavy atom. The zero-order valence-corrected chi connectivity index (χ0v) is 11.6. The van der Waals surface area contributed by atoms with E-state index in [4.69, 9.17) is 0 Å². The van der Waals surface area contributed by atoms with Crippen molar-refractivity contribution in [1.82, 2.24) is 5.32 Å². The van der Waals surface area contributed by atoms with Crippen LogP contribution in [0.2, 0.25) is 0 Å². The number of aliphatic hydroxyl groups is 1. The minimum atomic E-state index is -0.581. The molecule has 4 heteroatoms. The third-order valence-electron chi connectivity index (χ3n) is 2.25. The Kier molecular flexibility index (Phi) is 5.26. The molecule has 0 amide bonds. The lowest BCUT2D eigenvalue weighted by Gasteiger charge is -2.22. The summed E-state index contributed by atoms with van der Waals surface area (Å²) in [5.74, 6) is 0. The Morgan fingerprint density at radius 1 is 1.60 bits per heavy atom. The molecule has 0 aliphatic heterocycles. The molecule has 0 aliphatic rings. The molecule has 0 aromatic carbocycles. The van der Waals surface area contributed by atoms with Crippen molar-refractivity contribution in [2.24, 2.45) is 0 Å². The van der Waals surface area contributed by atoms with Crippen LogP contribution in [0.25, 0.3) is 0 Å². The fraction of sp³-hybridized carbons (Fsp3) is 0.636. The molecule has 0 radical (unpaired) electrons. The summed E-state index contributed by atoms with van der Waals surface area (Å²) in [7, 11) is 0. The first-order chi connectivity index (χ1) is 7.03. The second-order valence-corrected chi connectivity index (χ2v) is 6.40. The molecule has 1 heterocycles. The van der Waals surface area contributed by atoms with Gasteiger partial charge in [0, 0.05) is 13.1 Å². The summed E-state index contributed by atoms with van der Waals surface area (Å²) in [5, 5.41) is 15.3. The van der Waals surface area contributed by atoms with Crippen molar-refractivity contribution in [2.75, 3.05) is 6.54 Å². The largest absolute Gasteiger partial charge is 0.389 e. The first-order valence-corrected chi connectivity index (χ1v) is 6.87. The second kappa shape index (κ2) is 5.99. The average molecular weight is 292 g/mol. The zero-order valence-electron chi connectivity index (χ0n) is 9.22. The Hall–Kier alpha value is 0.100. The van der Waals surface area contributed by atoms with E-state index in [9.17, 15) is 5.11 Å². The first kappa shape index (κ1) is 13.2. The average Bonchev–Trinajstić information content (AvgIpc) is 2.51. The van der Waals surface area contributed by atoms with Gasteiger partial charge in [-0.1, -0.05) is 13.3 Å². The molecule has 0 aliphatic carbocycles. The molecular formula is C11H18BrNOS. The maximum absolute atomic E-state index is 9.93. The van der Waals surface area contributed by atoms with Gasteiger partial charge in [-0.25, -0.2) is 0 Å². The van der Waals surface area contributed by atoms with E-state index in [0.29, 0.717) is 6.54 Å². The van der Waals surface area contributed by atoms with Crippen molar-refractivity contribution in [3.05, 3.63) is 20.8 Å². The van der Waals surface area contributed by atoms with E-state index in [0.717, 1.165) is 23.2 Å². The summed E-state index contributed by atoms with van der Waals surface area (Å²) in [6, 6.07) is 2.10. The van der Waals surface area contributed by atoms with Crippen LogP contribution in [-0.2, 0) is 6.54 Å². The second-order valence-electron chi connectivity index (χ2n) is 4.11. The van der Waals surface area contributed by atoms with Crippen molar-refractivity contribution in [2.45, 2.75) is 38.8 Å². The molecule has 2 nitrogen and oxygen atoms in total. The molecule has 0 bridgehead atoms. The summed E-state index contributed by atoms with van der Waals surface area (Å²) >= 11 is 5.12. The van der Waals surface area contributed by atoms with Gasteiger partial charge in [-0.15, -0.1) is 11.3 Å². The van der Waals surface area contributed by atoms with Gasteiger partial charge in [0.2, 0.25) is 0 Å². The SMILES string of the molecule is CCCC(C)(O)CNCc1csc(Br)c1. The van der Waals surface area contributed by atoms with Gasteiger partial charge in [0.15, 0.2) is 0 Å². The molecule has 0 saturated carbocycles. The molecule has 2 N–H and O–H groups in total. The summed E-state index contributed by atoms with van der Waals surface area (Å²) in [6.07, 6.45) is 1.85. The van der Waals surface area contributed by atoms with E-state index in [1.54, 1.807) is 11.3 Å². The van der Waals surface area contributed by atoms with E-state index < -0.39 is 5.60 Å². The standard InChI is InChI=1S/C11H18BrNOS/c1-3-4-11(2,14)8-13-6-9-5-10(12)15-7-9/h5,7,13-14H,3-4,6,8H2,1-2H3. The normalized spacial score (nSPS) is 15.2. The maximum Gasteiger partial charge on any atom is 0.0743 e. The minimum absolute atomic E-state index is 0.581. The Balaban J connectivity index is 2.27. The highest BCUT2D eigenvalue weighted by atomic mass is 79.9. The highest BCUT2D eigenvalue weighted by Crippen LogP contribution is 2.20. The number of rotatable bonds is 6. The van der Waals surface area contributed by atoms with Crippen molar-refractivity contribution in [1.29, 1.82) is 0 Å². The van der Waals surface area contributed by atoms with Gasteiger partial charge >= 0.3 is 0 Å². The topological polar surface area (TPSA) is 32.3 Å². The lowest BCUT2D eigenvalue weighted by molar-refractivity contribution is 0.0498. The van der Waals surface area contributed by atoms with Crippen LogP contribution in [0.5, 0.6) is 0 Å². The van der Waals surface area contributed by atoms with E-state index >= 15 is 0 Å². The molecule has 1 rings (SSSR count). The monoisotopic (exact) mass is 291 g/mol. The molecule has 1 atom stereocenters. The predicted octanol–water partition coefficient (Wildman–Crippen LogP) is 3.15. The lowest BCUT2D eigenvalue weighted by atomic mass is 10.0. The van der Waals surface area contributed by atoms with Gasteiger partial charge in [0.25, 0.3) is 0 Å². The summed E-state index contributed by atoms with van der Waals surface area (Å²) in [6.45, 7) is 5.44. The fourth-order valence-corrected chi connectivity index (χ4v) is 2.75. The van der Waals surface area contributed by atoms with Gasteiger partial charge in [0.05, 0.1) is 9.39 Å². The molecule has 1 aromatic rings. The van der Waals surface area contributed by atoms with Crippen LogP contribution < -0.4 is 5.32 Å². The van der Waals surface area contributed by atoms with Crippen LogP contribution in [0.15, 0.2) is 15.2 Å². The van der Waals surface area contributed by atoms with Crippen LogP contribution in [0.4, 0.5) is 0 Å². The molecule has 86 valence electrons. The summed E-state index contributed by atoms with van der Waals surface area (Å²) in [4.78, 5) is 0. The van der Waals surface area contributed by atoms with Crippen LogP contribution in [0, 0.1) is 0 Å². The molecule has 0 saturated heterocycles. The number of hydrogen-bond donors (Lipinski definition) is 2. The molecular weight excluding hydrogens is 274 g/mol. The quantitative estimate of drug-likeness (QED) is 0.844. The molecule has 0 spiro atoms. The number of thiophene rings is 1. The number of hydrogen-bond acceptors (Lipinski definition) is 3. The van der Waals surface area contributed by atoms with Crippen LogP contribution in [0.3, 0.4) is 0 Å². The third-order valence-corrected chi connectivity index (χ3v) is 3.80.